The maximum atomic E-state index is 11.0. The lowest BCUT2D eigenvalue weighted by Gasteiger charge is -1.98. The van der Waals surface area contributed by atoms with Crippen molar-refractivity contribution in [3.8, 4) is 0 Å². The quantitative estimate of drug-likeness (QED) is 0.470. The molecule has 14 heavy (non-hydrogen) atoms. The van der Waals surface area contributed by atoms with Gasteiger partial charge < -0.3 is 10.1 Å². The van der Waals surface area contributed by atoms with Gasteiger partial charge in [0.15, 0.2) is 0 Å². The number of anilines is 1. The van der Waals surface area contributed by atoms with E-state index in [0.29, 0.717) is 0 Å². The molecule has 0 aromatic carbocycles. The molecule has 0 spiro atoms. The van der Waals surface area contributed by atoms with E-state index in [9.17, 15) is 4.79 Å². The highest BCUT2D eigenvalue weighted by molar-refractivity contribution is 7.08. The van der Waals surface area contributed by atoms with Crippen LogP contribution in [0, 0.1) is 6.57 Å². The van der Waals surface area contributed by atoms with Crippen LogP contribution in [0.2, 0.25) is 0 Å². The van der Waals surface area contributed by atoms with Crippen LogP contribution in [0.15, 0.2) is 28.7 Å². The van der Waals surface area contributed by atoms with Gasteiger partial charge in [-0.15, -0.1) is 0 Å². The Bertz CT molecular complexity index is 376. The normalized spacial score (nSPS) is 10.4. The first-order valence-corrected chi connectivity index (χ1v) is 4.67. The summed E-state index contributed by atoms with van der Waals surface area (Å²) in [4.78, 5) is 14.0. The van der Waals surface area contributed by atoms with E-state index in [0.717, 1.165) is 5.69 Å². The molecular formula is C9H8N2O2S. The van der Waals surface area contributed by atoms with E-state index in [4.69, 9.17) is 6.57 Å². The minimum atomic E-state index is -0.636. The summed E-state index contributed by atoms with van der Waals surface area (Å²) in [5, 5.41) is 6.59. The topological polar surface area (TPSA) is 42.7 Å². The van der Waals surface area contributed by atoms with E-state index in [2.05, 4.69) is 14.9 Å². The standard InChI is InChI=1S/C9H8N2O2S/c1-10-8(9(12)13-2)5-11-7-3-4-14-6-7/h3-6,11H,2H3/b8-5+. The number of carbonyl (C=O) groups excluding carboxylic acids is 1. The molecule has 1 N–H and O–H groups in total. The van der Waals surface area contributed by atoms with E-state index in [-0.39, 0.29) is 5.70 Å². The van der Waals surface area contributed by atoms with Gasteiger partial charge in [-0.05, 0) is 11.4 Å². The maximum Gasteiger partial charge on any atom is 0.337 e. The zero-order chi connectivity index (χ0) is 10.4. The molecule has 0 aliphatic rings. The SMILES string of the molecule is [C-]#[N+]/C(=C/Nc1ccsc1)C(=O)OC. The van der Waals surface area contributed by atoms with Crippen LogP contribution < -0.4 is 5.32 Å². The predicted molar refractivity (Wildman–Crippen MR) is 54.6 cm³/mol. The number of carbonyl (C=O) groups is 1. The van der Waals surface area contributed by atoms with E-state index in [1.165, 1.54) is 24.6 Å². The molecule has 1 heterocycles. The lowest BCUT2D eigenvalue weighted by atomic mass is 10.4. The number of nitrogens with zero attached hydrogens (tertiary/aromatic N) is 1. The fourth-order valence-electron chi connectivity index (χ4n) is 0.740. The van der Waals surface area contributed by atoms with Gasteiger partial charge in [0, 0.05) is 17.3 Å². The number of nitrogens with one attached hydrogen (secondary N) is 1. The second-order valence-electron chi connectivity index (χ2n) is 2.29. The number of esters is 1. The van der Waals surface area contributed by atoms with Gasteiger partial charge in [0.1, 0.15) is 0 Å². The Morgan fingerprint density at radius 1 is 1.79 bits per heavy atom. The highest BCUT2D eigenvalue weighted by atomic mass is 32.1. The molecule has 0 aliphatic heterocycles. The summed E-state index contributed by atoms with van der Waals surface area (Å²) >= 11 is 1.53. The zero-order valence-corrected chi connectivity index (χ0v) is 8.30. The first-order valence-electron chi connectivity index (χ1n) is 3.72. The molecular weight excluding hydrogens is 200 g/mol. The molecule has 0 unspecified atom stereocenters. The van der Waals surface area contributed by atoms with Crippen LogP contribution in [0.3, 0.4) is 0 Å². The second-order valence-corrected chi connectivity index (χ2v) is 3.07. The van der Waals surface area contributed by atoms with Crippen LogP contribution in [0.1, 0.15) is 0 Å². The first-order chi connectivity index (χ1) is 6.77. The molecule has 0 radical (unpaired) electrons. The summed E-state index contributed by atoms with van der Waals surface area (Å²) in [6.45, 7) is 6.74. The Kier molecular flexibility index (Phi) is 3.70. The Labute approximate surface area is 85.6 Å². The van der Waals surface area contributed by atoms with Crippen molar-refractivity contribution >= 4 is 23.0 Å². The van der Waals surface area contributed by atoms with E-state index in [1.807, 2.05) is 16.8 Å². The van der Waals surface area contributed by atoms with Crippen LogP contribution in [-0.2, 0) is 9.53 Å². The molecule has 0 saturated heterocycles. The number of hydrogen-bond acceptors (Lipinski definition) is 4. The third-order valence-corrected chi connectivity index (χ3v) is 2.09. The molecule has 1 aromatic heterocycles. The molecule has 5 heteroatoms. The lowest BCUT2D eigenvalue weighted by molar-refractivity contribution is -0.135. The molecule has 0 bridgehead atoms. The minimum Gasteiger partial charge on any atom is -0.474 e. The Morgan fingerprint density at radius 2 is 2.57 bits per heavy atom. The van der Waals surface area contributed by atoms with Gasteiger partial charge in [0.25, 0.3) is 5.70 Å². The van der Waals surface area contributed by atoms with Gasteiger partial charge in [-0.1, -0.05) is 0 Å². The highest BCUT2D eigenvalue weighted by Gasteiger charge is 2.08. The van der Waals surface area contributed by atoms with Gasteiger partial charge in [-0.2, -0.15) is 11.3 Å². The zero-order valence-electron chi connectivity index (χ0n) is 7.48. The second kappa shape index (κ2) is 5.04. The highest BCUT2D eigenvalue weighted by Crippen LogP contribution is 2.12. The summed E-state index contributed by atoms with van der Waals surface area (Å²) in [5.41, 5.74) is 0.777. The molecule has 1 aromatic rings. The number of methoxy groups -OCH3 is 1. The summed E-state index contributed by atoms with van der Waals surface area (Å²) < 4.78 is 4.41. The van der Waals surface area contributed by atoms with Crippen molar-refractivity contribution in [2.24, 2.45) is 0 Å². The summed E-state index contributed by atoms with van der Waals surface area (Å²) in [5.74, 6) is -0.636. The predicted octanol–water partition coefficient (Wildman–Crippen LogP) is 2.09. The van der Waals surface area contributed by atoms with Crippen molar-refractivity contribution in [1.29, 1.82) is 0 Å². The average Bonchev–Trinajstić information content (AvgIpc) is 2.71. The molecule has 4 nitrogen and oxygen atoms in total. The van der Waals surface area contributed by atoms with Crippen LogP contribution in [-0.4, -0.2) is 13.1 Å². The molecule has 1 rings (SSSR count). The van der Waals surface area contributed by atoms with Crippen LogP contribution in [0.25, 0.3) is 4.85 Å². The van der Waals surface area contributed by atoms with Gasteiger partial charge in [0.2, 0.25) is 0 Å². The fraction of sp³-hybridized carbons (Fsp3) is 0.111. The van der Waals surface area contributed by atoms with Crippen molar-refractivity contribution in [1.82, 2.24) is 0 Å². The summed E-state index contributed by atoms with van der Waals surface area (Å²) in [7, 11) is 1.24. The molecule has 0 aliphatic carbocycles. The van der Waals surface area contributed by atoms with Crippen LogP contribution >= 0.6 is 11.3 Å². The van der Waals surface area contributed by atoms with E-state index in [1.54, 1.807) is 0 Å². The molecule has 72 valence electrons. The third kappa shape index (κ3) is 2.61. The van der Waals surface area contributed by atoms with Crippen molar-refractivity contribution < 1.29 is 9.53 Å². The molecule has 0 atom stereocenters. The molecule has 0 amide bonds. The van der Waals surface area contributed by atoms with E-state index < -0.39 is 5.97 Å². The van der Waals surface area contributed by atoms with Crippen molar-refractivity contribution in [2.45, 2.75) is 0 Å². The maximum absolute atomic E-state index is 11.0. The number of ether oxygens (including phenoxy) is 1. The van der Waals surface area contributed by atoms with Crippen molar-refractivity contribution in [3.63, 3.8) is 0 Å². The molecule has 0 saturated carbocycles. The van der Waals surface area contributed by atoms with Gasteiger partial charge >= 0.3 is 5.97 Å². The van der Waals surface area contributed by atoms with Crippen molar-refractivity contribution in [2.75, 3.05) is 12.4 Å². The van der Waals surface area contributed by atoms with Gasteiger partial charge in [0.05, 0.1) is 13.7 Å². The summed E-state index contributed by atoms with van der Waals surface area (Å²) in [6, 6.07) is 1.85. The number of hydrogen-bond donors (Lipinski definition) is 1. The van der Waals surface area contributed by atoms with Crippen molar-refractivity contribution in [3.05, 3.63) is 40.1 Å². The Balaban J connectivity index is 2.67. The largest absolute Gasteiger partial charge is 0.474 e. The smallest absolute Gasteiger partial charge is 0.337 e. The van der Waals surface area contributed by atoms with Crippen LogP contribution in [0.4, 0.5) is 5.69 Å². The fourth-order valence-corrected chi connectivity index (χ4v) is 1.34. The Hall–Kier alpha value is -1.80. The van der Waals surface area contributed by atoms with Crippen LogP contribution in [0.5, 0.6) is 0 Å². The minimum absolute atomic E-state index is 0.0706. The number of rotatable bonds is 3. The first kappa shape index (κ1) is 10.3. The van der Waals surface area contributed by atoms with Gasteiger partial charge in [-0.3, -0.25) is 4.79 Å². The summed E-state index contributed by atoms with van der Waals surface area (Å²) in [6.07, 6.45) is 1.33. The monoisotopic (exact) mass is 208 g/mol. The lowest BCUT2D eigenvalue weighted by Crippen LogP contribution is -2.03. The van der Waals surface area contributed by atoms with E-state index >= 15 is 0 Å². The third-order valence-electron chi connectivity index (χ3n) is 1.41. The Morgan fingerprint density at radius 3 is 3.07 bits per heavy atom. The number of thiophene rings is 1. The average molecular weight is 208 g/mol. The molecule has 0 fully saturated rings. The van der Waals surface area contributed by atoms with Gasteiger partial charge in [-0.25, -0.2) is 4.85 Å².